The number of ether oxygens (including phenoxy) is 1. The first kappa shape index (κ1) is 16.5. The number of Topliss-reactive ketones (excluding diaryl/α,β-unsaturated/α-hetero) is 1. The van der Waals surface area contributed by atoms with Gasteiger partial charge in [0.1, 0.15) is 11.5 Å². The molecule has 3 aromatic rings. The molecule has 0 spiro atoms. The van der Waals surface area contributed by atoms with E-state index in [1.165, 1.54) is 11.3 Å². The standard InChI is InChI=1S/C20H16N2O3S/c23-16-11-6-10-15-18(16)26-20(21-15)22-19(24)14-9-4-5-12-17(14)25-13-7-2-1-3-8-13/h1-5,7-9,12H,6,10-11H2,(H,21,22,24). The first-order chi connectivity index (χ1) is 12.7. The maximum atomic E-state index is 12.7. The molecule has 0 saturated heterocycles. The van der Waals surface area contributed by atoms with Crippen LogP contribution in [0.15, 0.2) is 54.6 Å². The van der Waals surface area contributed by atoms with Gasteiger partial charge in [0.25, 0.3) is 5.91 Å². The second kappa shape index (κ2) is 7.09. The van der Waals surface area contributed by atoms with Crippen LogP contribution in [0.1, 0.15) is 38.6 Å². The maximum Gasteiger partial charge on any atom is 0.261 e. The molecule has 5 nitrogen and oxygen atoms in total. The summed E-state index contributed by atoms with van der Waals surface area (Å²) in [6, 6.07) is 16.3. The number of benzene rings is 2. The fourth-order valence-corrected chi connectivity index (χ4v) is 3.82. The van der Waals surface area contributed by atoms with Gasteiger partial charge in [0.05, 0.1) is 16.1 Å². The minimum absolute atomic E-state index is 0.108. The van der Waals surface area contributed by atoms with Crippen molar-refractivity contribution in [1.82, 2.24) is 4.98 Å². The zero-order valence-electron chi connectivity index (χ0n) is 13.9. The zero-order valence-corrected chi connectivity index (χ0v) is 14.7. The number of thiazole rings is 1. The van der Waals surface area contributed by atoms with E-state index in [1.807, 2.05) is 36.4 Å². The molecule has 4 rings (SSSR count). The van der Waals surface area contributed by atoms with E-state index < -0.39 is 0 Å². The molecule has 1 aliphatic rings. The van der Waals surface area contributed by atoms with Crippen molar-refractivity contribution in [2.45, 2.75) is 19.3 Å². The number of para-hydroxylation sites is 2. The lowest BCUT2D eigenvalue weighted by atomic mass is 10.0. The predicted octanol–water partition coefficient (Wildman–Crippen LogP) is 4.71. The molecule has 0 fully saturated rings. The Balaban J connectivity index is 1.56. The summed E-state index contributed by atoms with van der Waals surface area (Å²) in [7, 11) is 0. The van der Waals surface area contributed by atoms with Crippen molar-refractivity contribution < 1.29 is 14.3 Å². The molecule has 0 saturated carbocycles. The van der Waals surface area contributed by atoms with Gasteiger partial charge in [0.2, 0.25) is 0 Å². The molecular weight excluding hydrogens is 348 g/mol. The fraction of sp³-hybridized carbons (Fsp3) is 0.150. The van der Waals surface area contributed by atoms with E-state index in [0.717, 1.165) is 18.5 Å². The van der Waals surface area contributed by atoms with Gasteiger partial charge < -0.3 is 4.74 Å². The highest BCUT2D eigenvalue weighted by molar-refractivity contribution is 7.17. The summed E-state index contributed by atoms with van der Waals surface area (Å²) in [6.45, 7) is 0. The summed E-state index contributed by atoms with van der Waals surface area (Å²) >= 11 is 1.24. The van der Waals surface area contributed by atoms with Crippen molar-refractivity contribution in [1.29, 1.82) is 0 Å². The number of aromatic nitrogens is 1. The van der Waals surface area contributed by atoms with Gasteiger partial charge in [0, 0.05) is 6.42 Å². The van der Waals surface area contributed by atoms with Crippen molar-refractivity contribution in [3.05, 3.63) is 70.7 Å². The van der Waals surface area contributed by atoms with Crippen molar-refractivity contribution in [3.63, 3.8) is 0 Å². The first-order valence-corrected chi connectivity index (χ1v) is 9.18. The van der Waals surface area contributed by atoms with Crippen LogP contribution < -0.4 is 10.1 Å². The van der Waals surface area contributed by atoms with Crippen LogP contribution in [-0.4, -0.2) is 16.7 Å². The maximum absolute atomic E-state index is 12.7. The second-order valence-electron chi connectivity index (χ2n) is 5.94. The van der Waals surface area contributed by atoms with Gasteiger partial charge in [-0.3, -0.25) is 14.9 Å². The molecule has 0 bridgehead atoms. The molecule has 6 heteroatoms. The lowest BCUT2D eigenvalue weighted by molar-refractivity contribution is 0.0975. The number of anilines is 1. The summed E-state index contributed by atoms with van der Waals surface area (Å²) in [6.07, 6.45) is 2.15. The van der Waals surface area contributed by atoms with Crippen molar-refractivity contribution >= 4 is 28.2 Å². The number of ketones is 1. The Morgan fingerprint density at radius 2 is 1.81 bits per heavy atom. The predicted molar refractivity (Wildman–Crippen MR) is 100 cm³/mol. The van der Waals surface area contributed by atoms with E-state index >= 15 is 0 Å². The highest BCUT2D eigenvalue weighted by Crippen LogP contribution is 2.31. The molecule has 2 aromatic carbocycles. The van der Waals surface area contributed by atoms with Crippen molar-refractivity contribution in [3.8, 4) is 11.5 Å². The van der Waals surface area contributed by atoms with Crippen LogP contribution in [0.3, 0.4) is 0 Å². The SMILES string of the molecule is O=C(Nc1nc2c(s1)C(=O)CCC2)c1ccccc1Oc1ccccc1. The molecule has 0 radical (unpaired) electrons. The lowest BCUT2D eigenvalue weighted by Gasteiger charge is -2.10. The molecule has 1 N–H and O–H groups in total. The van der Waals surface area contributed by atoms with Gasteiger partial charge in [-0.2, -0.15) is 0 Å². The summed E-state index contributed by atoms with van der Waals surface area (Å²) in [5.74, 6) is 0.920. The van der Waals surface area contributed by atoms with E-state index in [-0.39, 0.29) is 11.7 Å². The topological polar surface area (TPSA) is 68.3 Å². The molecule has 1 aliphatic carbocycles. The van der Waals surface area contributed by atoms with Crippen LogP contribution >= 0.6 is 11.3 Å². The highest BCUT2D eigenvalue weighted by Gasteiger charge is 2.23. The van der Waals surface area contributed by atoms with E-state index in [1.54, 1.807) is 18.2 Å². The van der Waals surface area contributed by atoms with Crippen LogP contribution in [0.4, 0.5) is 5.13 Å². The third kappa shape index (κ3) is 3.36. The Morgan fingerprint density at radius 1 is 1.04 bits per heavy atom. The molecule has 1 aromatic heterocycles. The number of rotatable bonds is 4. The Kier molecular flexibility index (Phi) is 4.50. The van der Waals surface area contributed by atoms with Crippen LogP contribution in [-0.2, 0) is 6.42 Å². The Morgan fingerprint density at radius 3 is 2.62 bits per heavy atom. The Hall–Kier alpha value is -2.99. The quantitative estimate of drug-likeness (QED) is 0.728. The van der Waals surface area contributed by atoms with Crippen molar-refractivity contribution in [2.24, 2.45) is 0 Å². The molecule has 1 heterocycles. The van der Waals surface area contributed by atoms with E-state index in [2.05, 4.69) is 10.3 Å². The van der Waals surface area contributed by atoms with E-state index in [9.17, 15) is 9.59 Å². The number of hydrogen-bond acceptors (Lipinski definition) is 5. The van der Waals surface area contributed by atoms with Crippen LogP contribution in [0.5, 0.6) is 11.5 Å². The molecule has 1 amide bonds. The van der Waals surface area contributed by atoms with Gasteiger partial charge in [-0.15, -0.1) is 0 Å². The zero-order chi connectivity index (χ0) is 17.9. The van der Waals surface area contributed by atoms with Crippen LogP contribution in [0, 0.1) is 0 Å². The minimum Gasteiger partial charge on any atom is -0.457 e. The number of hydrogen-bond donors (Lipinski definition) is 1. The first-order valence-electron chi connectivity index (χ1n) is 8.37. The summed E-state index contributed by atoms with van der Waals surface area (Å²) in [5.41, 5.74) is 1.20. The summed E-state index contributed by atoms with van der Waals surface area (Å²) in [5, 5.41) is 3.25. The third-order valence-electron chi connectivity index (χ3n) is 4.09. The smallest absolute Gasteiger partial charge is 0.261 e. The minimum atomic E-state index is -0.310. The van der Waals surface area contributed by atoms with Crippen LogP contribution in [0.25, 0.3) is 0 Å². The Labute approximate surface area is 154 Å². The summed E-state index contributed by atoms with van der Waals surface area (Å²) in [4.78, 5) is 29.7. The average Bonchev–Trinajstić information content (AvgIpc) is 3.07. The van der Waals surface area contributed by atoms with Gasteiger partial charge in [-0.05, 0) is 37.1 Å². The highest BCUT2D eigenvalue weighted by atomic mass is 32.1. The van der Waals surface area contributed by atoms with E-state index in [0.29, 0.717) is 33.5 Å². The van der Waals surface area contributed by atoms with E-state index in [4.69, 9.17) is 4.74 Å². The van der Waals surface area contributed by atoms with Gasteiger partial charge in [-0.25, -0.2) is 4.98 Å². The number of carbonyl (C=O) groups excluding carboxylic acids is 2. The Bertz CT molecular complexity index is 966. The van der Waals surface area contributed by atoms with Gasteiger partial charge in [-0.1, -0.05) is 41.7 Å². The normalized spacial score (nSPS) is 13.2. The number of nitrogens with one attached hydrogen (secondary N) is 1. The fourth-order valence-electron chi connectivity index (χ4n) is 2.85. The number of aryl methyl sites for hydroxylation is 1. The number of amides is 1. The molecule has 26 heavy (non-hydrogen) atoms. The molecule has 0 unspecified atom stereocenters. The average molecular weight is 364 g/mol. The lowest BCUT2D eigenvalue weighted by Crippen LogP contribution is -2.13. The monoisotopic (exact) mass is 364 g/mol. The third-order valence-corrected chi connectivity index (χ3v) is 5.15. The van der Waals surface area contributed by atoms with Crippen molar-refractivity contribution in [2.75, 3.05) is 5.32 Å². The second-order valence-corrected chi connectivity index (χ2v) is 6.94. The number of carbonyl (C=O) groups is 2. The van der Waals surface area contributed by atoms with Crippen LogP contribution in [0.2, 0.25) is 0 Å². The number of nitrogens with zero attached hydrogens (tertiary/aromatic N) is 1. The summed E-state index contributed by atoms with van der Waals surface area (Å²) < 4.78 is 5.83. The van der Waals surface area contributed by atoms with Gasteiger partial charge in [0.15, 0.2) is 10.9 Å². The molecular formula is C20H16N2O3S. The molecule has 0 aliphatic heterocycles. The number of fused-ring (bicyclic) bond motifs is 1. The molecule has 130 valence electrons. The van der Waals surface area contributed by atoms with Gasteiger partial charge >= 0.3 is 0 Å². The largest absolute Gasteiger partial charge is 0.457 e. The molecule has 0 atom stereocenters.